The minimum atomic E-state index is -1.27. The van der Waals surface area contributed by atoms with Gasteiger partial charge in [0.1, 0.15) is 11.9 Å². The molecule has 4 atom stereocenters. The molecule has 0 bridgehead atoms. The SMILES string of the molecule is CCOC(=O)O[C@H]1Cc2ccccc2N1[C@@H]1c2cc(N)ccc2O[C@](C)(C(OC)OC)[C@H]1O. The summed E-state index contributed by atoms with van der Waals surface area (Å²) in [6.45, 7) is 3.63. The number of rotatable bonds is 6. The molecule has 0 unspecified atom stereocenters. The average molecular weight is 459 g/mol. The third kappa shape index (κ3) is 3.96. The normalized spacial score (nSPS) is 25.9. The lowest BCUT2D eigenvalue weighted by Gasteiger charge is -2.50. The van der Waals surface area contributed by atoms with Crippen molar-refractivity contribution >= 4 is 17.5 Å². The highest BCUT2D eigenvalue weighted by atomic mass is 16.7. The zero-order chi connectivity index (χ0) is 23.8. The Bertz CT molecular complexity index is 1010. The Hall–Kier alpha value is -3.01. The van der Waals surface area contributed by atoms with Crippen LogP contribution in [0.25, 0.3) is 0 Å². The fraction of sp³-hybridized carbons (Fsp3) is 0.458. The Morgan fingerprint density at radius 2 is 2.00 bits per heavy atom. The van der Waals surface area contributed by atoms with Gasteiger partial charge in [0.05, 0.1) is 12.6 Å². The molecule has 2 heterocycles. The number of para-hydroxylation sites is 1. The van der Waals surface area contributed by atoms with Crippen LogP contribution in [0, 0.1) is 0 Å². The van der Waals surface area contributed by atoms with E-state index in [0.717, 1.165) is 11.3 Å². The molecule has 0 radical (unpaired) electrons. The van der Waals surface area contributed by atoms with Gasteiger partial charge in [-0.3, -0.25) is 0 Å². The molecule has 33 heavy (non-hydrogen) atoms. The van der Waals surface area contributed by atoms with Crippen LogP contribution in [0.2, 0.25) is 0 Å². The first-order valence-electron chi connectivity index (χ1n) is 10.9. The summed E-state index contributed by atoms with van der Waals surface area (Å²) in [5.74, 6) is 0.528. The number of nitrogens with zero attached hydrogens (tertiary/aromatic N) is 1. The predicted molar refractivity (Wildman–Crippen MR) is 121 cm³/mol. The van der Waals surface area contributed by atoms with Gasteiger partial charge in [-0.2, -0.15) is 0 Å². The highest BCUT2D eigenvalue weighted by Gasteiger charge is 2.56. The lowest BCUT2D eigenvalue weighted by Crippen LogP contribution is -2.63. The second kappa shape index (κ2) is 9.09. The first kappa shape index (κ1) is 23.2. The number of aliphatic hydroxyl groups excluding tert-OH is 1. The molecule has 2 aliphatic rings. The Morgan fingerprint density at radius 1 is 1.27 bits per heavy atom. The van der Waals surface area contributed by atoms with Gasteiger partial charge in [-0.15, -0.1) is 0 Å². The number of nitrogens with two attached hydrogens (primary N) is 1. The summed E-state index contributed by atoms with van der Waals surface area (Å²) in [5.41, 5.74) is 7.83. The molecule has 9 heteroatoms. The largest absolute Gasteiger partial charge is 0.510 e. The molecule has 0 saturated heterocycles. The van der Waals surface area contributed by atoms with Gasteiger partial charge in [-0.05, 0) is 43.7 Å². The number of nitrogen functional groups attached to an aromatic ring is 1. The number of aliphatic hydroxyl groups is 1. The van der Waals surface area contributed by atoms with Crippen LogP contribution < -0.4 is 15.4 Å². The van der Waals surface area contributed by atoms with E-state index in [1.54, 1.807) is 32.0 Å². The topological polar surface area (TPSA) is 113 Å². The molecule has 4 rings (SSSR count). The Kier molecular flexibility index (Phi) is 6.38. The third-order valence-corrected chi connectivity index (χ3v) is 6.23. The lowest BCUT2D eigenvalue weighted by atomic mass is 9.83. The minimum Gasteiger partial charge on any atom is -0.479 e. The van der Waals surface area contributed by atoms with Gasteiger partial charge < -0.3 is 39.4 Å². The minimum absolute atomic E-state index is 0.194. The molecule has 0 fully saturated rings. The molecule has 0 spiro atoms. The van der Waals surface area contributed by atoms with Crippen molar-refractivity contribution < 1.29 is 33.6 Å². The summed E-state index contributed by atoms with van der Waals surface area (Å²) in [6, 6.07) is 12.3. The van der Waals surface area contributed by atoms with Crippen LogP contribution in [0.3, 0.4) is 0 Å². The molecule has 0 amide bonds. The van der Waals surface area contributed by atoms with E-state index >= 15 is 0 Å². The summed E-state index contributed by atoms with van der Waals surface area (Å²) >= 11 is 0. The van der Waals surface area contributed by atoms with Crippen LogP contribution in [0.5, 0.6) is 5.75 Å². The molecule has 2 aliphatic heterocycles. The zero-order valence-electron chi connectivity index (χ0n) is 19.2. The quantitative estimate of drug-likeness (QED) is 0.383. The second-order valence-corrected chi connectivity index (χ2v) is 8.27. The summed E-state index contributed by atoms with van der Waals surface area (Å²) in [7, 11) is 2.97. The highest BCUT2D eigenvalue weighted by Crippen LogP contribution is 2.50. The Labute approximate surface area is 192 Å². The zero-order valence-corrected chi connectivity index (χ0v) is 19.2. The number of carbonyl (C=O) groups excluding carboxylic acids is 1. The summed E-state index contributed by atoms with van der Waals surface area (Å²) in [4.78, 5) is 14.2. The van der Waals surface area contributed by atoms with Crippen molar-refractivity contribution in [1.29, 1.82) is 0 Å². The van der Waals surface area contributed by atoms with Crippen molar-refractivity contribution in [1.82, 2.24) is 0 Å². The standard InChI is InChI=1S/C24H30N2O7/c1-5-31-23(28)32-19-12-14-8-6-7-9-17(14)26(19)20-16-13-15(25)10-11-18(16)33-24(2,21(20)27)22(29-3)30-4/h6-11,13,19-22,27H,5,12,25H2,1-4H3/t19-,20+,21-,24-/m0/s1. The van der Waals surface area contributed by atoms with Crippen LogP contribution in [0.4, 0.5) is 16.2 Å². The van der Waals surface area contributed by atoms with Crippen molar-refractivity contribution in [3.05, 3.63) is 53.6 Å². The first-order chi connectivity index (χ1) is 15.8. The monoisotopic (exact) mass is 458 g/mol. The first-order valence-corrected chi connectivity index (χ1v) is 10.9. The van der Waals surface area contributed by atoms with Gasteiger partial charge in [0, 0.05) is 37.6 Å². The maximum atomic E-state index is 12.3. The average Bonchev–Trinajstić information content (AvgIpc) is 3.13. The molecule has 2 aromatic carbocycles. The van der Waals surface area contributed by atoms with Gasteiger partial charge in [-0.25, -0.2) is 4.79 Å². The second-order valence-electron chi connectivity index (χ2n) is 8.27. The number of methoxy groups -OCH3 is 2. The number of hydrogen-bond acceptors (Lipinski definition) is 9. The molecule has 178 valence electrons. The van der Waals surface area contributed by atoms with E-state index in [1.807, 2.05) is 29.2 Å². The summed E-state index contributed by atoms with van der Waals surface area (Å²) < 4.78 is 28.0. The van der Waals surface area contributed by atoms with Crippen molar-refractivity contribution in [2.75, 3.05) is 31.5 Å². The summed E-state index contributed by atoms with van der Waals surface area (Å²) in [6.07, 6.45) is -3.06. The number of ether oxygens (including phenoxy) is 5. The van der Waals surface area contributed by atoms with Crippen molar-refractivity contribution in [2.45, 2.75) is 50.5 Å². The number of hydrogen-bond donors (Lipinski definition) is 2. The van der Waals surface area contributed by atoms with Crippen LogP contribution in [0.1, 0.15) is 31.0 Å². The van der Waals surface area contributed by atoms with Crippen LogP contribution in [-0.4, -0.2) is 56.3 Å². The fourth-order valence-corrected chi connectivity index (χ4v) is 4.79. The van der Waals surface area contributed by atoms with Crippen LogP contribution in [0.15, 0.2) is 42.5 Å². The Morgan fingerprint density at radius 3 is 2.70 bits per heavy atom. The van der Waals surface area contributed by atoms with E-state index in [2.05, 4.69) is 0 Å². The van der Waals surface area contributed by atoms with Crippen LogP contribution >= 0.6 is 0 Å². The van der Waals surface area contributed by atoms with Crippen LogP contribution in [-0.2, 0) is 25.4 Å². The molecular weight excluding hydrogens is 428 g/mol. The highest BCUT2D eigenvalue weighted by molar-refractivity contribution is 5.66. The van der Waals surface area contributed by atoms with E-state index < -0.39 is 36.4 Å². The predicted octanol–water partition coefficient (Wildman–Crippen LogP) is 3.00. The third-order valence-electron chi connectivity index (χ3n) is 6.23. The fourth-order valence-electron chi connectivity index (χ4n) is 4.79. The lowest BCUT2D eigenvalue weighted by molar-refractivity contribution is -0.238. The van der Waals surface area contributed by atoms with E-state index in [-0.39, 0.29) is 6.61 Å². The van der Waals surface area contributed by atoms with Gasteiger partial charge in [0.2, 0.25) is 0 Å². The summed E-state index contributed by atoms with van der Waals surface area (Å²) in [5, 5.41) is 11.8. The van der Waals surface area contributed by atoms with E-state index in [4.69, 9.17) is 29.4 Å². The maximum Gasteiger partial charge on any atom is 0.510 e. The Balaban J connectivity index is 1.85. The van der Waals surface area contributed by atoms with Gasteiger partial charge in [0.25, 0.3) is 0 Å². The molecule has 0 aliphatic carbocycles. The molecule has 2 aromatic rings. The number of fused-ring (bicyclic) bond motifs is 2. The van der Waals surface area contributed by atoms with Crippen molar-refractivity contribution in [2.24, 2.45) is 0 Å². The molecular formula is C24H30N2O7. The van der Waals surface area contributed by atoms with Crippen molar-refractivity contribution in [3.63, 3.8) is 0 Å². The smallest absolute Gasteiger partial charge is 0.479 e. The molecule has 9 nitrogen and oxygen atoms in total. The van der Waals surface area contributed by atoms with Crippen molar-refractivity contribution in [3.8, 4) is 5.75 Å². The molecule has 3 N–H and O–H groups in total. The molecule has 0 saturated carbocycles. The van der Waals surface area contributed by atoms with E-state index in [1.165, 1.54) is 14.2 Å². The van der Waals surface area contributed by atoms with Gasteiger partial charge in [-0.1, -0.05) is 18.2 Å². The number of benzene rings is 2. The maximum absolute atomic E-state index is 12.3. The number of anilines is 2. The van der Waals surface area contributed by atoms with E-state index in [9.17, 15) is 9.90 Å². The van der Waals surface area contributed by atoms with Gasteiger partial charge in [0.15, 0.2) is 18.1 Å². The molecule has 0 aromatic heterocycles. The number of carbonyl (C=O) groups is 1. The van der Waals surface area contributed by atoms with E-state index in [0.29, 0.717) is 23.4 Å². The van der Waals surface area contributed by atoms with Gasteiger partial charge >= 0.3 is 6.16 Å².